The van der Waals surface area contributed by atoms with Crippen molar-refractivity contribution >= 4 is 5.91 Å². The minimum absolute atomic E-state index is 0.0578. The number of likely N-dealkylation sites (tertiary alicyclic amines) is 1. The molecule has 19 heavy (non-hydrogen) atoms. The number of hydrogen-bond donors (Lipinski definition) is 1. The normalized spacial score (nSPS) is 22.6. The second kappa shape index (κ2) is 5.57. The summed E-state index contributed by atoms with van der Waals surface area (Å²) in [6.45, 7) is 2.40. The molecular formula is C14H18FNO3. The highest BCUT2D eigenvalue weighted by Crippen LogP contribution is 2.29. The lowest BCUT2D eigenvalue weighted by Crippen LogP contribution is -2.40. The van der Waals surface area contributed by atoms with Gasteiger partial charge < -0.3 is 14.7 Å². The Kier molecular flexibility index (Phi) is 4.04. The Morgan fingerprint density at radius 1 is 1.58 bits per heavy atom. The fourth-order valence-corrected chi connectivity index (χ4v) is 2.56. The van der Waals surface area contributed by atoms with Crippen LogP contribution in [-0.2, 0) is 0 Å². The topological polar surface area (TPSA) is 49.8 Å². The zero-order valence-electron chi connectivity index (χ0n) is 11.1. The van der Waals surface area contributed by atoms with Crippen molar-refractivity contribution in [1.29, 1.82) is 0 Å². The maximum atomic E-state index is 13.9. The number of aliphatic hydroxyl groups is 1. The number of rotatable bonds is 3. The quantitative estimate of drug-likeness (QED) is 0.906. The molecular weight excluding hydrogens is 249 g/mol. The van der Waals surface area contributed by atoms with Crippen molar-refractivity contribution in [2.75, 3.05) is 20.3 Å². The number of carbonyl (C=O) groups is 1. The monoisotopic (exact) mass is 267 g/mol. The van der Waals surface area contributed by atoms with Crippen LogP contribution < -0.4 is 4.74 Å². The minimum atomic E-state index is -0.597. The van der Waals surface area contributed by atoms with Crippen molar-refractivity contribution < 1.29 is 19.0 Å². The fraction of sp³-hybridized carbons (Fsp3) is 0.500. The highest BCUT2D eigenvalue weighted by Gasteiger charge is 2.36. The minimum Gasteiger partial charge on any atom is -0.496 e. The molecule has 0 aliphatic carbocycles. The summed E-state index contributed by atoms with van der Waals surface area (Å²) in [6.07, 6.45) is 0.813. The molecule has 2 rings (SSSR count). The first-order valence-electron chi connectivity index (χ1n) is 6.34. The molecule has 104 valence electrons. The van der Waals surface area contributed by atoms with Crippen LogP contribution in [-0.4, -0.2) is 42.2 Å². The SMILES string of the molecule is COc1cccc(F)c1C(=O)N1CCC(C)C1CO. The molecule has 1 aliphatic heterocycles. The molecule has 2 atom stereocenters. The van der Waals surface area contributed by atoms with E-state index in [1.807, 2.05) is 6.92 Å². The molecule has 1 amide bonds. The average molecular weight is 267 g/mol. The smallest absolute Gasteiger partial charge is 0.260 e. The summed E-state index contributed by atoms with van der Waals surface area (Å²) in [5.41, 5.74) is -0.0578. The molecule has 1 aliphatic rings. The van der Waals surface area contributed by atoms with E-state index in [9.17, 15) is 14.3 Å². The molecule has 4 nitrogen and oxygen atoms in total. The van der Waals surface area contributed by atoms with Crippen molar-refractivity contribution in [1.82, 2.24) is 4.90 Å². The van der Waals surface area contributed by atoms with Crippen LogP contribution >= 0.6 is 0 Å². The third kappa shape index (κ3) is 2.42. The summed E-state index contributed by atoms with van der Waals surface area (Å²) in [5, 5.41) is 9.38. The summed E-state index contributed by atoms with van der Waals surface area (Å²) in [7, 11) is 1.40. The first kappa shape index (κ1) is 13.8. The van der Waals surface area contributed by atoms with Crippen LogP contribution in [0.1, 0.15) is 23.7 Å². The lowest BCUT2D eigenvalue weighted by atomic mass is 10.0. The van der Waals surface area contributed by atoms with Gasteiger partial charge in [0.25, 0.3) is 5.91 Å². The zero-order valence-corrected chi connectivity index (χ0v) is 11.1. The molecule has 2 unspecified atom stereocenters. The second-order valence-electron chi connectivity index (χ2n) is 4.83. The van der Waals surface area contributed by atoms with Crippen LogP contribution in [0.3, 0.4) is 0 Å². The number of ether oxygens (including phenoxy) is 1. The van der Waals surface area contributed by atoms with E-state index in [1.165, 1.54) is 24.1 Å². The predicted molar refractivity (Wildman–Crippen MR) is 68.6 cm³/mol. The van der Waals surface area contributed by atoms with E-state index in [1.54, 1.807) is 6.07 Å². The number of nitrogens with zero attached hydrogens (tertiary/aromatic N) is 1. The number of benzene rings is 1. The van der Waals surface area contributed by atoms with E-state index in [4.69, 9.17) is 4.74 Å². The molecule has 1 saturated heterocycles. The Bertz CT molecular complexity index is 478. The molecule has 0 bridgehead atoms. The van der Waals surface area contributed by atoms with Gasteiger partial charge in [-0.1, -0.05) is 13.0 Å². The molecule has 5 heteroatoms. The molecule has 0 spiro atoms. The van der Waals surface area contributed by atoms with Gasteiger partial charge in [0.15, 0.2) is 0 Å². The van der Waals surface area contributed by atoms with Gasteiger partial charge in [0.05, 0.1) is 19.8 Å². The highest BCUT2D eigenvalue weighted by atomic mass is 19.1. The van der Waals surface area contributed by atoms with Gasteiger partial charge in [0.2, 0.25) is 0 Å². The summed E-state index contributed by atoms with van der Waals surface area (Å²) in [5.74, 6) is -0.577. The van der Waals surface area contributed by atoms with E-state index >= 15 is 0 Å². The fourth-order valence-electron chi connectivity index (χ4n) is 2.56. The number of aliphatic hydroxyl groups excluding tert-OH is 1. The van der Waals surface area contributed by atoms with Gasteiger partial charge >= 0.3 is 0 Å². The third-order valence-electron chi connectivity index (χ3n) is 3.74. The largest absolute Gasteiger partial charge is 0.496 e. The average Bonchev–Trinajstić information content (AvgIpc) is 2.78. The van der Waals surface area contributed by atoms with Crippen LogP contribution in [0.15, 0.2) is 18.2 Å². The van der Waals surface area contributed by atoms with E-state index < -0.39 is 11.7 Å². The van der Waals surface area contributed by atoms with Gasteiger partial charge in [0, 0.05) is 6.54 Å². The van der Waals surface area contributed by atoms with E-state index in [0.717, 1.165) is 6.42 Å². The Morgan fingerprint density at radius 3 is 2.95 bits per heavy atom. The lowest BCUT2D eigenvalue weighted by Gasteiger charge is -2.26. The van der Waals surface area contributed by atoms with Gasteiger partial charge in [-0.25, -0.2) is 4.39 Å². The Morgan fingerprint density at radius 2 is 2.32 bits per heavy atom. The van der Waals surface area contributed by atoms with Crippen molar-refractivity contribution in [2.24, 2.45) is 5.92 Å². The summed E-state index contributed by atoms with van der Waals surface area (Å²) < 4.78 is 18.9. The summed E-state index contributed by atoms with van der Waals surface area (Å²) in [6, 6.07) is 4.05. The Hall–Kier alpha value is -1.62. The summed E-state index contributed by atoms with van der Waals surface area (Å²) >= 11 is 0. The maximum Gasteiger partial charge on any atom is 0.260 e. The molecule has 0 saturated carbocycles. The predicted octanol–water partition coefficient (Wildman–Crippen LogP) is 1.68. The van der Waals surface area contributed by atoms with Gasteiger partial charge in [-0.3, -0.25) is 4.79 Å². The molecule has 1 heterocycles. The Balaban J connectivity index is 2.35. The van der Waals surface area contributed by atoms with E-state index in [0.29, 0.717) is 6.54 Å². The maximum absolute atomic E-state index is 13.9. The third-order valence-corrected chi connectivity index (χ3v) is 3.74. The number of amides is 1. The lowest BCUT2D eigenvalue weighted by molar-refractivity contribution is 0.0640. The van der Waals surface area contributed by atoms with Crippen LogP contribution in [0.2, 0.25) is 0 Å². The number of halogens is 1. The van der Waals surface area contributed by atoms with Crippen LogP contribution in [0.25, 0.3) is 0 Å². The van der Waals surface area contributed by atoms with Crippen LogP contribution in [0, 0.1) is 11.7 Å². The molecule has 1 aromatic carbocycles. The van der Waals surface area contributed by atoms with Crippen molar-refractivity contribution in [3.8, 4) is 5.75 Å². The first-order chi connectivity index (χ1) is 9.10. The Labute approximate surface area is 111 Å². The molecule has 0 radical (unpaired) electrons. The van der Waals surface area contributed by atoms with Gasteiger partial charge in [-0.15, -0.1) is 0 Å². The summed E-state index contributed by atoms with van der Waals surface area (Å²) in [4.78, 5) is 14.0. The second-order valence-corrected chi connectivity index (χ2v) is 4.83. The number of methoxy groups -OCH3 is 1. The van der Waals surface area contributed by atoms with Crippen molar-refractivity contribution in [3.05, 3.63) is 29.6 Å². The standard InChI is InChI=1S/C14H18FNO3/c1-9-6-7-16(11(9)8-17)14(18)13-10(15)4-3-5-12(13)19-2/h3-5,9,11,17H,6-8H2,1-2H3. The van der Waals surface area contributed by atoms with E-state index in [2.05, 4.69) is 0 Å². The molecule has 1 aromatic rings. The van der Waals surface area contributed by atoms with Gasteiger partial charge in [0.1, 0.15) is 17.1 Å². The molecule has 1 fully saturated rings. The van der Waals surface area contributed by atoms with Crippen molar-refractivity contribution in [3.63, 3.8) is 0 Å². The van der Waals surface area contributed by atoms with Crippen molar-refractivity contribution in [2.45, 2.75) is 19.4 Å². The van der Waals surface area contributed by atoms with Crippen LogP contribution in [0.4, 0.5) is 4.39 Å². The first-order valence-corrected chi connectivity index (χ1v) is 6.34. The number of hydrogen-bond acceptors (Lipinski definition) is 3. The van der Waals surface area contributed by atoms with E-state index in [-0.39, 0.29) is 29.9 Å². The highest BCUT2D eigenvalue weighted by molar-refractivity contribution is 5.97. The number of carbonyl (C=O) groups excluding carboxylic acids is 1. The molecule has 0 aromatic heterocycles. The zero-order chi connectivity index (χ0) is 14.0. The van der Waals surface area contributed by atoms with Gasteiger partial charge in [-0.05, 0) is 24.5 Å². The van der Waals surface area contributed by atoms with Crippen LogP contribution in [0.5, 0.6) is 5.75 Å². The molecule has 1 N–H and O–H groups in total. The van der Waals surface area contributed by atoms with Gasteiger partial charge in [-0.2, -0.15) is 0 Å².